The molecule has 0 saturated heterocycles. The van der Waals surface area contributed by atoms with Crippen molar-refractivity contribution in [3.05, 3.63) is 34.9 Å². The summed E-state index contributed by atoms with van der Waals surface area (Å²) in [6, 6.07) is 5.69. The third-order valence-electron chi connectivity index (χ3n) is 2.52. The van der Waals surface area contributed by atoms with Crippen LogP contribution in [0.3, 0.4) is 0 Å². The molecule has 0 aliphatic rings. The average Bonchev–Trinajstić information content (AvgIpc) is 2.15. The lowest BCUT2D eigenvalue weighted by atomic mass is 9.91. The van der Waals surface area contributed by atoms with E-state index in [0.29, 0.717) is 0 Å². The maximum Gasteiger partial charge on any atom is 0.311 e. The average molecular weight is 208 g/mol. The number of hydrogen-bond donors (Lipinski definition) is 2. The van der Waals surface area contributed by atoms with Crippen LogP contribution in [0.2, 0.25) is 0 Å². The highest BCUT2D eigenvalue weighted by atomic mass is 16.4. The van der Waals surface area contributed by atoms with Crippen molar-refractivity contribution >= 4 is 5.97 Å². The Hall–Kier alpha value is -1.35. The van der Waals surface area contributed by atoms with Gasteiger partial charge in [0.05, 0.1) is 5.92 Å². The van der Waals surface area contributed by atoms with Crippen LogP contribution in [-0.4, -0.2) is 22.8 Å². The third kappa shape index (κ3) is 2.80. The molecule has 0 amide bonds. The van der Waals surface area contributed by atoms with E-state index in [1.807, 2.05) is 32.0 Å². The maximum atomic E-state index is 11.0. The standard InChI is InChI=1S/C12H16O3/c1-8-3-4-10(9(2)7-8)11(5-6-13)12(14)15/h3-4,7,11,13H,5-6H2,1-2H3,(H,14,15). The van der Waals surface area contributed by atoms with E-state index < -0.39 is 11.9 Å². The molecule has 1 aromatic carbocycles. The van der Waals surface area contributed by atoms with Crippen LogP contribution in [0, 0.1) is 13.8 Å². The van der Waals surface area contributed by atoms with Gasteiger partial charge in [-0.05, 0) is 31.4 Å². The number of aliphatic carboxylic acids is 1. The maximum absolute atomic E-state index is 11.0. The molecule has 3 nitrogen and oxygen atoms in total. The molecule has 0 saturated carbocycles. The number of rotatable bonds is 4. The van der Waals surface area contributed by atoms with Crippen LogP contribution in [0.5, 0.6) is 0 Å². The van der Waals surface area contributed by atoms with Gasteiger partial charge < -0.3 is 10.2 Å². The smallest absolute Gasteiger partial charge is 0.311 e. The minimum absolute atomic E-state index is 0.107. The number of carbonyl (C=O) groups is 1. The normalized spacial score (nSPS) is 12.5. The van der Waals surface area contributed by atoms with Gasteiger partial charge in [-0.25, -0.2) is 0 Å². The van der Waals surface area contributed by atoms with Crippen molar-refractivity contribution in [1.82, 2.24) is 0 Å². The zero-order valence-corrected chi connectivity index (χ0v) is 9.03. The summed E-state index contributed by atoms with van der Waals surface area (Å²) in [6.45, 7) is 3.76. The number of aliphatic hydroxyl groups excluding tert-OH is 1. The van der Waals surface area contributed by atoms with Crippen molar-refractivity contribution in [2.75, 3.05) is 6.61 Å². The van der Waals surface area contributed by atoms with Gasteiger partial charge in [0.2, 0.25) is 0 Å². The molecular formula is C12H16O3. The van der Waals surface area contributed by atoms with Crippen LogP contribution in [0.1, 0.15) is 29.0 Å². The zero-order chi connectivity index (χ0) is 11.4. The molecule has 82 valence electrons. The first-order valence-electron chi connectivity index (χ1n) is 4.97. The van der Waals surface area contributed by atoms with Crippen LogP contribution in [0.4, 0.5) is 0 Å². The fourth-order valence-electron chi connectivity index (χ4n) is 1.76. The SMILES string of the molecule is Cc1ccc(C(CCO)C(=O)O)c(C)c1. The van der Waals surface area contributed by atoms with Gasteiger partial charge in [0.15, 0.2) is 0 Å². The molecule has 2 N–H and O–H groups in total. The Labute approximate surface area is 89.4 Å². The van der Waals surface area contributed by atoms with Crippen molar-refractivity contribution in [2.24, 2.45) is 0 Å². The van der Waals surface area contributed by atoms with Crippen LogP contribution in [0.15, 0.2) is 18.2 Å². The van der Waals surface area contributed by atoms with Gasteiger partial charge in [0.25, 0.3) is 0 Å². The van der Waals surface area contributed by atoms with E-state index in [9.17, 15) is 4.79 Å². The molecule has 15 heavy (non-hydrogen) atoms. The largest absolute Gasteiger partial charge is 0.481 e. The molecule has 3 heteroatoms. The van der Waals surface area contributed by atoms with Crippen LogP contribution >= 0.6 is 0 Å². The van der Waals surface area contributed by atoms with Crippen LogP contribution in [-0.2, 0) is 4.79 Å². The highest BCUT2D eigenvalue weighted by molar-refractivity contribution is 5.76. The second kappa shape index (κ2) is 4.94. The van der Waals surface area contributed by atoms with Gasteiger partial charge in [0, 0.05) is 6.61 Å². The van der Waals surface area contributed by atoms with Crippen molar-refractivity contribution < 1.29 is 15.0 Å². The number of benzene rings is 1. The number of carboxylic acid groups (broad SMARTS) is 1. The summed E-state index contributed by atoms with van der Waals surface area (Å²) in [4.78, 5) is 11.0. The molecule has 0 fully saturated rings. The van der Waals surface area contributed by atoms with Gasteiger partial charge in [-0.15, -0.1) is 0 Å². The lowest BCUT2D eigenvalue weighted by Crippen LogP contribution is -2.14. The third-order valence-corrected chi connectivity index (χ3v) is 2.52. The zero-order valence-electron chi connectivity index (χ0n) is 9.03. The number of hydrogen-bond acceptors (Lipinski definition) is 2. The predicted octanol–water partition coefficient (Wildman–Crippen LogP) is 1.85. The monoisotopic (exact) mass is 208 g/mol. The summed E-state index contributed by atoms with van der Waals surface area (Å²) in [6.07, 6.45) is 0.263. The van der Waals surface area contributed by atoms with Crippen LogP contribution in [0.25, 0.3) is 0 Å². The van der Waals surface area contributed by atoms with Gasteiger partial charge in [-0.1, -0.05) is 23.8 Å². The number of aliphatic hydroxyl groups is 1. The molecule has 0 spiro atoms. The van der Waals surface area contributed by atoms with Gasteiger partial charge in [-0.3, -0.25) is 4.79 Å². The quantitative estimate of drug-likeness (QED) is 0.794. The van der Waals surface area contributed by atoms with E-state index in [4.69, 9.17) is 10.2 Å². The van der Waals surface area contributed by atoms with Crippen molar-refractivity contribution in [3.63, 3.8) is 0 Å². The molecular weight excluding hydrogens is 192 g/mol. The van der Waals surface area contributed by atoms with Gasteiger partial charge >= 0.3 is 5.97 Å². The van der Waals surface area contributed by atoms with Crippen LogP contribution < -0.4 is 0 Å². The fourth-order valence-corrected chi connectivity index (χ4v) is 1.76. The van der Waals surface area contributed by atoms with E-state index in [2.05, 4.69) is 0 Å². The second-order valence-electron chi connectivity index (χ2n) is 3.76. The minimum Gasteiger partial charge on any atom is -0.481 e. The molecule has 0 aliphatic carbocycles. The molecule has 1 unspecified atom stereocenters. The summed E-state index contributed by atoms with van der Waals surface area (Å²) in [5.74, 6) is -1.48. The highest BCUT2D eigenvalue weighted by Gasteiger charge is 2.20. The molecule has 0 heterocycles. The fraction of sp³-hybridized carbons (Fsp3) is 0.417. The minimum atomic E-state index is -0.879. The van der Waals surface area contributed by atoms with E-state index >= 15 is 0 Å². The Morgan fingerprint density at radius 2 is 2.07 bits per heavy atom. The summed E-state index contributed by atoms with van der Waals surface area (Å²) < 4.78 is 0. The topological polar surface area (TPSA) is 57.5 Å². The number of carboxylic acids is 1. The first-order valence-corrected chi connectivity index (χ1v) is 4.97. The Balaban J connectivity index is 3.05. The van der Waals surface area contributed by atoms with E-state index in [1.165, 1.54) is 0 Å². The summed E-state index contributed by atoms with van der Waals surface area (Å²) in [5, 5.41) is 17.9. The molecule has 0 radical (unpaired) electrons. The second-order valence-corrected chi connectivity index (χ2v) is 3.76. The first kappa shape index (κ1) is 11.7. The Morgan fingerprint density at radius 1 is 1.40 bits per heavy atom. The Morgan fingerprint density at radius 3 is 2.53 bits per heavy atom. The molecule has 0 aromatic heterocycles. The van der Waals surface area contributed by atoms with E-state index in [1.54, 1.807) is 0 Å². The van der Waals surface area contributed by atoms with Crippen molar-refractivity contribution in [3.8, 4) is 0 Å². The molecule has 1 rings (SSSR count). The summed E-state index contributed by atoms with van der Waals surface area (Å²) >= 11 is 0. The molecule has 1 aromatic rings. The van der Waals surface area contributed by atoms with Crippen molar-refractivity contribution in [1.29, 1.82) is 0 Å². The lowest BCUT2D eigenvalue weighted by Gasteiger charge is -2.14. The highest BCUT2D eigenvalue weighted by Crippen LogP contribution is 2.24. The van der Waals surface area contributed by atoms with E-state index in [0.717, 1.165) is 16.7 Å². The van der Waals surface area contributed by atoms with Gasteiger partial charge in [0.1, 0.15) is 0 Å². The molecule has 1 atom stereocenters. The lowest BCUT2D eigenvalue weighted by molar-refractivity contribution is -0.139. The predicted molar refractivity (Wildman–Crippen MR) is 58.0 cm³/mol. The molecule has 0 aliphatic heterocycles. The Kier molecular flexibility index (Phi) is 3.86. The van der Waals surface area contributed by atoms with E-state index in [-0.39, 0.29) is 13.0 Å². The van der Waals surface area contributed by atoms with Gasteiger partial charge in [-0.2, -0.15) is 0 Å². The molecule has 0 bridgehead atoms. The van der Waals surface area contributed by atoms with Crippen molar-refractivity contribution in [2.45, 2.75) is 26.2 Å². The first-order chi connectivity index (χ1) is 7.06. The Bertz CT molecular complexity index is 358. The number of aryl methyl sites for hydroxylation is 2. The summed E-state index contributed by atoms with van der Waals surface area (Å²) in [5.41, 5.74) is 2.88. The summed E-state index contributed by atoms with van der Waals surface area (Å²) in [7, 11) is 0.